The molecular formula is C23H24N2O4. The van der Waals surface area contributed by atoms with E-state index in [4.69, 9.17) is 4.74 Å². The van der Waals surface area contributed by atoms with E-state index in [2.05, 4.69) is 5.10 Å². The minimum atomic E-state index is -0.833. The van der Waals surface area contributed by atoms with Gasteiger partial charge in [-0.05, 0) is 30.0 Å². The van der Waals surface area contributed by atoms with Crippen LogP contribution in [-0.2, 0) is 17.7 Å². The van der Waals surface area contributed by atoms with Crippen LogP contribution in [0.5, 0.6) is 5.75 Å². The summed E-state index contributed by atoms with van der Waals surface area (Å²) in [5, 5.41) is 14.8. The van der Waals surface area contributed by atoms with Crippen LogP contribution in [0.15, 0.2) is 59.4 Å². The molecule has 0 atom stereocenters. The highest BCUT2D eigenvalue weighted by Gasteiger charge is 2.24. The molecule has 0 fully saturated rings. The maximum absolute atomic E-state index is 13.0. The summed E-state index contributed by atoms with van der Waals surface area (Å²) in [4.78, 5) is 25.3. The minimum Gasteiger partial charge on any atom is -0.505 e. The third-order valence-corrected chi connectivity index (χ3v) is 4.59. The molecule has 0 saturated heterocycles. The number of nitrogens with zero attached hydrogens (tertiary/aromatic N) is 2. The van der Waals surface area contributed by atoms with E-state index < -0.39 is 11.5 Å². The minimum absolute atomic E-state index is 0.111. The van der Waals surface area contributed by atoms with Crippen molar-refractivity contribution < 1.29 is 14.6 Å². The molecule has 0 radical (unpaired) electrons. The van der Waals surface area contributed by atoms with Crippen molar-refractivity contribution in [1.82, 2.24) is 9.78 Å². The maximum Gasteiger partial charge on any atom is 0.347 e. The number of ether oxygens (including phenoxy) is 1. The molecule has 6 heteroatoms. The third kappa shape index (κ3) is 4.37. The monoisotopic (exact) mass is 392 g/mol. The van der Waals surface area contributed by atoms with E-state index >= 15 is 0 Å². The van der Waals surface area contributed by atoms with E-state index in [0.717, 1.165) is 16.7 Å². The number of aromatic nitrogens is 2. The van der Waals surface area contributed by atoms with Crippen LogP contribution < -0.4 is 5.56 Å². The fourth-order valence-electron chi connectivity index (χ4n) is 3.23. The molecule has 3 aromatic rings. The fraction of sp³-hybridized carbons (Fsp3) is 0.261. The lowest BCUT2D eigenvalue weighted by Crippen LogP contribution is -2.31. The lowest BCUT2D eigenvalue weighted by Gasteiger charge is -2.14. The molecule has 150 valence electrons. The number of esters is 1. The van der Waals surface area contributed by atoms with Crippen molar-refractivity contribution in [3.8, 4) is 16.9 Å². The third-order valence-electron chi connectivity index (χ3n) is 4.59. The number of rotatable bonds is 7. The van der Waals surface area contributed by atoms with Gasteiger partial charge in [0.05, 0.1) is 13.2 Å². The van der Waals surface area contributed by atoms with Gasteiger partial charge in [0.2, 0.25) is 0 Å². The van der Waals surface area contributed by atoms with Gasteiger partial charge in [-0.3, -0.25) is 4.79 Å². The van der Waals surface area contributed by atoms with Gasteiger partial charge >= 0.3 is 5.97 Å². The molecule has 0 bridgehead atoms. The van der Waals surface area contributed by atoms with Gasteiger partial charge < -0.3 is 9.84 Å². The molecule has 0 aliphatic rings. The predicted octanol–water partition coefficient (Wildman–Crippen LogP) is 3.79. The molecule has 3 rings (SSSR count). The molecule has 1 N–H and O–H groups in total. The largest absolute Gasteiger partial charge is 0.505 e. The second kappa shape index (κ2) is 9.19. The van der Waals surface area contributed by atoms with E-state index in [-0.39, 0.29) is 24.5 Å². The molecule has 0 spiro atoms. The Morgan fingerprint density at radius 3 is 2.45 bits per heavy atom. The molecular weight excluding hydrogens is 368 g/mol. The summed E-state index contributed by atoms with van der Waals surface area (Å²) in [6.07, 6.45) is 1.15. The molecule has 0 amide bonds. The molecule has 0 saturated carbocycles. The Morgan fingerprint density at radius 2 is 1.76 bits per heavy atom. The second-order valence-corrected chi connectivity index (χ2v) is 6.63. The average molecular weight is 392 g/mol. The quantitative estimate of drug-likeness (QED) is 0.619. The number of aryl methyl sites for hydroxylation is 1. The normalized spacial score (nSPS) is 10.7. The van der Waals surface area contributed by atoms with E-state index in [0.29, 0.717) is 18.5 Å². The highest BCUT2D eigenvalue weighted by Crippen LogP contribution is 2.25. The van der Waals surface area contributed by atoms with Gasteiger partial charge in [-0.25, -0.2) is 9.48 Å². The average Bonchev–Trinajstić information content (AvgIpc) is 2.73. The topological polar surface area (TPSA) is 81.4 Å². The van der Waals surface area contributed by atoms with Crippen molar-refractivity contribution in [3.05, 3.63) is 81.8 Å². The Bertz CT molecular complexity index is 1060. The zero-order valence-corrected chi connectivity index (χ0v) is 16.6. The first kappa shape index (κ1) is 20.3. The zero-order chi connectivity index (χ0) is 20.8. The van der Waals surface area contributed by atoms with Crippen LogP contribution in [0.4, 0.5) is 0 Å². The lowest BCUT2D eigenvalue weighted by molar-refractivity contribution is 0.0519. The fourth-order valence-corrected chi connectivity index (χ4v) is 3.23. The number of hydrogen-bond donors (Lipinski definition) is 1. The van der Waals surface area contributed by atoms with Crippen molar-refractivity contribution in [2.75, 3.05) is 6.61 Å². The summed E-state index contributed by atoms with van der Waals surface area (Å²) in [6, 6.07) is 17.6. The molecule has 1 aromatic heterocycles. The van der Waals surface area contributed by atoms with Crippen molar-refractivity contribution in [3.63, 3.8) is 0 Å². The van der Waals surface area contributed by atoms with Gasteiger partial charge in [0.25, 0.3) is 5.56 Å². The van der Waals surface area contributed by atoms with Crippen LogP contribution >= 0.6 is 0 Å². The molecule has 6 nitrogen and oxygen atoms in total. The molecule has 0 unspecified atom stereocenters. The SMILES string of the molecule is CCCc1nn(Cc2ccccc2-c2ccccc2)c(=O)c(C(=O)OCC)c1O. The smallest absolute Gasteiger partial charge is 0.347 e. The molecule has 0 aliphatic heterocycles. The first-order valence-corrected chi connectivity index (χ1v) is 9.70. The van der Waals surface area contributed by atoms with E-state index in [9.17, 15) is 14.7 Å². The number of aromatic hydroxyl groups is 1. The Labute approximate surface area is 169 Å². The van der Waals surface area contributed by atoms with Gasteiger partial charge in [0.1, 0.15) is 5.69 Å². The Balaban J connectivity index is 2.11. The molecule has 29 heavy (non-hydrogen) atoms. The van der Waals surface area contributed by atoms with Gasteiger partial charge in [0.15, 0.2) is 11.3 Å². The van der Waals surface area contributed by atoms with Gasteiger partial charge in [-0.15, -0.1) is 0 Å². The number of carbonyl (C=O) groups is 1. The highest BCUT2D eigenvalue weighted by molar-refractivity contribution is 5.92. The zero-order valence-electron chi connectivity index (χ0n) is 16.6. The summed E-state index contributed by atoms with van der Waals surface area (Å²) in [5.41, 5.74) is 2.17. The van der Waals surface area contributed by atoms with E-state index in [1.807, 2.05) is 61.5 Å². The summed E-state index contributed by atoms with van der Waals surface area (Å²) in [5.74, 6) is -1.22. The van der Waals surface area contributed by atoms with Crippen LogP contribution in [0.2, 0.25) is 0 Å². The maximum atomic E-state index is 13.0. The Morgan fingerprint density at radius 1 is 1.07 bits per heavy atom. The van der Waals surface area contributed by atoms with Crippen LogP contribution in [0.1, 0.15) is 41.9 Å². The summed E-state index contributed by atoms with van der Waals surface area (Å²) < 4.78 is 6.22. The summed E-state index contributed by atoms with van der Waals surface area (Å²) in [7, 11) is 0. The number of hydrogen-bond acceptors (Lipinski definition) is 5. The standard InChI is InChI=1S/C23H24N2O4/c1-3-10-19-21(26)20(23(28)29-4-2)22(27)25(24-19)15-17-13-8-9-14-18(17)16-11-6-5-7-12-16/h5-9,11-14,26H,3-4,10,15H2,1-2H3. The predicted molar refractivity (Wildman–Crippen MR) is 111 cm³/mol. The number of carbonyl (C=O) groups excluding carboxylic acids is 1. The van der Waals surface area contributed by atoms with Crippen LogP contribution in [0, 0.1) is 0 Å². The van der Waals surface area contributed by atoms with Gasteiger partial charge in [0, 0.05) is 0 Å². The molecule has 1 heterocycles. The lowest BCUT2D eigenvalue weighted by atomic mass is 10.00. The summed E-state index contributed by atoms with van der Waals surface area (Å²) in [6.45, 7) is 3.87. The number of benzene rings is 2. The van der Waals surface area contributed by atoms with Crippen molar-refractivity contribution >= 4 is 5.97 Å². The summed E-state index contributed by atoms with van der Waals surface area (Å²) >= 11 is 0. The highest BCUT2D eigenvalue weighted by atomic mass is 16.5. The molecule has 0 aliphatic carbocycles. The van der Waals surface area contributed by atoms with Crippen molar-refractivity contribution in [2.45, 2.75) is 33.2 Å². The van der Waals surface area contributed by atoms with Crippen LogP contribution in [-0.4, -0.2) is 27.5 Å². The van der Waals surface area contributed by atoms with Crippen molar-refractivity contribution in [2.24, 2.45) is 0 Å². The Hall–Kier alpha value is -3.41. The van der Waals surface area contributed by atoms with Crippen LogP contribution in [0.3, 0.4) is 0 Å². The molecule has 2 aromatic carbocycles. The Kier molecular flexibility index (Phi) is 6.44. The van der Waals surface area contributed by atoms with Gasteiger partial charge in [-0.2, -0.15) is 5.10 Å². The van der Waals surface area contributed by atoms with E-state index in [1.54, 1.807) is 6.92 Å². The van der Waals surface area contributed by atoms with E-state index in [1.165, 1.54) is 4.68 Å². The second-order valence-electron chi connectivity index (χ2n) is 6.63. The van der Waals surface area contributed by atoms with Gasteiger partial charge in [-0.1, -0.05) is 67.9 Å². The first-order chi connectivity index (χ1) is 14.1. The van der Waals surface area contributed by atoms with Crippen molar-refractivity contribution in [1.29, 1.82) is 0 Å². The van der Waals surface area contributed by atoms with Crippen LogP contribution in [0.25, 0.3) is 11.1 Å². The first-order valence-electron chi connectivity index (χ1n) is 9.70.